The van der Waals surface area contributed by atoms with E-state index in [0.29, 0.717) is 18.2 Å². The van der Waals surface area contributed by atoms with E-state index in [2.05, 4.69) is 4.98 Å². The summed E-state index contributed by atoms with van der Waals surface area (Å²) >= 11 is 0. The summed E-state index contributed by atoms with van der Waals surface area (Å²) in [6, 6.07) is 2.32. The lowest BCUT2D eigenvalue weighted by Gasteiger charge is -2.31. The van der Waals surface area contributed by atoms with Crippen molar-refractivity contribution in [1.29, 1.82) is 0 Å². The minimum Gasteiger partial charge on any atom is -0.465 e. The molecule has 30 heavy (non-hydrogen) atoms. The Labute approximate surface area is 165 Å². The van der Waals surface area contributed by atoms with Gasteiger partial charge in [-0.2, -0.15) is 13.2 Å². The standard InChI is InChI=1S/C18H16F6N2O4/c1-16(2,29)9-6-12(17(30,18(22,23)24)7-25-15(27)28)26-14(13(9)21)8-3-4-10(19)11(20)5-8/h3-6,25,29-30H,7H2,1-2H3,(H,27,28). The van der Waals surface area contributed by atoms with Gasteiger partial charge in [-0.05, 0) is 38.1 Å². The molecule has 1 aromatic heterocycles. The molecule has 0 saturated heterocycles. The second-order valence-electron chi connectivity index (χ2n) is 6.92. The zero-order valence-corrected chi connectivity index (χ0v) is 15.5. The fourth-order valence-corrected chi connectivity index (χ4v) is 2.56. The number of benzene rings is 1. The molecule has 2 rings (SSSR count). The van der Waals surface area contributed by atoms with E-state index in [0.717, 1.165) is 19.9 Å². The minimum absolute atomic E-state index is 0.426. The van der Waals surface area contributed by atoms with Crippen molar-refractivity contribution in [2.24, 2.45) is 0 Å². The van der Waals surface area contributed by atoms with Crippen LogP contribution in [0.15, 0.2) is 24.3 Å². The van der Waals surface area contributed by atoms with Crippen LogP contribution in [0.4, 0.5) is 31.1 Å². The predicted molar refractivity (Wildman–Crippen MR) is 90.8 cm³/mol. The summed E-state index contributed by atoms with van der Waals surface area (Å²) in [5.41, 5.74) is -9.41. The monoisotopic (exact) mass is 438 g/mol. The van der Waals surface area contributed by atoms with Crippen molar-refractivity contribution in [3.8, 4) is 11.3 Å². The van der Waals surface area contributed by atoms with E-state index in [4.69, 9.17) is 5.11 Å². The number of carbonyl (C=O) groups is 1. The second-order valence-corrected chi connectivity index (χ2v) is 6.92. The zero-order chi connectivity index (χ0) is 23.1. The van der Waals surface area contributed by atoms with Crippen LogP contribution in [0, 0.1) is 17.5 Å². The molecule has 0 fully saturated rings. The van der Waals surface area contributed by atoms with E-state index < -0.39 is 70.0 Å². The Morgan fingerprint density at radius 2 is 1.67 bits per heavy atom. The number of nitrogens with zero attached hydrogens (tertiary/aromatic N) is 1. The summed E-state index contributed by atoms with van der Waals surface area (Å²) in [6.07, 6.45) is -7.37. The van der Waals surface area contributed by atoms with E-state index >= 15 is 0 Å². The molecule has 1 unspecified atom stereocenters. The van der Waals surface area contributed by atoms with Crippen molar-refractivity contribution < 1.29 is 46.5 Å². The molecule has 1 aromatic carbocycles. The Balaban J connectivity index is 2.84. The van der Waals surface area contributed by atoms with Gasteiger partial charge in [0, 0.05) is 11.1 Å². The van der Waals surface area contributed by atoms with Gasteiger partial charge in [-0.3, -0.25) is 0 Å². The van der Waals surface area contributed by atoms with Crippen LogP contribution in [0.2, 0.25) is 0 Å². The van der Waals surface area contributed by atoms with Crippen LogP contribution in [-0.4, -0.2) is 39.1 Å². The summed E-state index contributed by atoms with van der Waals surface area (Å²) in [5.74, 6) is -4.09. The van der Waals surface area contributed by atoms with Gasteiger partial charge in [0.15, 0.2) is 17.5 Å². The Morgan fingerprint density at radius 1 is 1.07 bits per heavy atom. The van der Waals surface area contributed by atoms with Crippen molar-refractivity contribution in [2.75, 3.05) is 6.54 Å². The van der Waals surface area contributed by atoms with Crippen LogP contribution in [0.1, 0.15) is 25.1 Å². The number of carboxylic acid groups (broad SMARTS) is 1. The largest absolute Gasteiger partial charge is 0.465 e. The Hall–Kier alpha value is -2.86. The fraction of sp³-hybridized carbons (Fsp3) is 0.333. The lowest BCUT2D eigenvalue weighted by molar-refractivity contribution is -0.265. The highest BCUT2D eigenvalue weighted by Crippen LogP contribution is 2.41. The van der Waals surface area contributed by atoms with Crippen LogP contribution in [0.3, 0.4) is 0 Å². The molecular weight excluding hydrogens is 422 g/mol. The Morgan fingerprint density at radius 3 is 2.13 bits per heavy atom. The molecule has 0 aliphatic rings. The van der Waals surface area contributed by atoms with Crippen molar-refractivity contribution in [3.05, 3.63) is 53.0 Å². The van der Waals surface area contributed by atoms with Crippen LogP contribution in [0.25, 0.3) is 11.3 Å². The maximum absolute atomic E-state index is 15.0. The summed E-state index contributed by atoms with van der Waals surface area (Å²) in [5, 5.41) is 30.4. The maximum atomic E-state index is 15.0. The number of hydrogen-bond acceptors (Lipinski definition) is 4. The van der Waals surface area contributed by atoms with Gasteiger partial charge in [0.2, 0.25) is 5.60 Å². The molecule has 1 atom stereocenters. The van der Waals surface area contributed by atoms with E-state index in [1.807, 2.05) is 0 Å². The van der Waals surface area contributed by atoms with Gasteiger partial charge in [-0.25, -0.2) is 22.9 Å². The van der Waals surface area contributed by atoms with Crippen LogP contribution >= 0.6 is 0 Å². The lowest BCUT2D eigenvalue weighted by atomic mass is 9.90. The van der Waals surface area contributed by atoms with Crippen molar-refractivity contribution >= 4 is 6.09 Å². The molecule has 0 saturated carbocycles. The van der Waals surface area contributed by atoms with E-state index in [1.54, 1.807) is 0 Å². The third-order valence-corrected chi connectivity index (χ3v) is 4.20. The number of aliphatic hydroxyl groups is 2. The number of nitrogens with one attached hydrogen (secondary N) is 1. The van der Waals surface area contributed by atoms with E-state index in [9.17, 15) is 41.4 Å². The number of amides is 1. The fourth-order valence-electron chi connectivity index (χ4n) is 2.56. The molecule has 0 aliphatic heterocycles. The SMILES string of the molecule is CC(C)(O)c1cc(C(O)(CNC(=O)O)C(F)(F)F)nc(-c2ccc(F)c(F)c2)c1F. The number of hydrogen-bond donors (Lipinski definition) is 4. The summed E-state index contributed by atoms with van der Waals surface area (Å²) in [7, 11) is 0. The van der Waals surface area contributed by atoms with Gasteiger partial charge in [0.05, 0.1) is 17.8 Å². The first-order valence-corrected chi connectivity index (χ1v) is 8.23. The summed E-state index contributed by atoms with van der Waals surface area (Å²) < 4.78 is 82.6. The third-order valence-electron chi connectivity index (χ3n) is 4.20. The van der Waals surface area contributed by atoms with Gasteiger partial charge in [-0.15, -0.1) is 0 Å². The van der Waals surface area contributed by atoms with Crippen molar-refractivity contribution in [1.82, 2.24) is 10.3 Å². The predicted octanol–water partition coefficient (Wildman–Crippen LogP) is 3.41. The first-order valence-electron chi connectivity index (χ1n) is 8.23. The molecule has 0 radical (unpaired) electrons. The van der Waals surface area contributed by atoms with Crippen LogP contribution < -0.4 is 5.32 Å². The first kappa shape index (κ1) is 23.4. The molecule has 2 aromatic rings. The number of aromatic nitrogens is 1. The molecule has 12 heteroatoms. The Kier molecular flexibility index (Phi) is 6.06. The molecule has 164 valence electrons. The quantitative estimate of drug-likeness (QED) is 0.536. The molecule has 1 amide bonds. The highest BCUT2D eigenvalue weighted by Gasteiger charge is 2.57. The van der Waals surface area contributed by atoms with E-state index in [-0.39, 0.29) is 0 Å². The first-order chi connectivity index (χ1) is 13.6. The average Bonchev–Trinajstić information content (AvgIpc) is 2.60. The summed E-state index contributed by atoms with van der Waals surface area (Å²) in [4.78, 5) is 14.1. The number of pyridine rings is 1. The molecular formula is C18H16F6N2O4. The van der Waals surface area contributed by atoms with Crippen molar-refractivity contribution in [2.45, 2.75) is 31.2 Å². The lowest BCUT2D eigenvalue weighted by Crippen LogP contribution is -2.51. The minimum atomic E-state index is -5.48. The molecule has 0 aliphatic carbocycles. The van der Waals surface area contributed by atoms with Gasteiger partial charge in [-0.1, -0.05) is 0 Å². The molecule has 0 spiro atoms. The van der Waals surface area contributed by atoms with Gasteiger partial charge in [0.25, 0.3) is 0 Å². The topological polar surface area (TPSA) is 103 Å². The number of alkyl halides is 3. The van der Waals surface area contributed by atoms with E-state index in [1.165, 1.54) is 5.32 Å². The Bertz CT molecular complexity index is 974. The van der Waals surface area contributed by atoms with Gasteiger partial charge in [0.1, 0.15) is 5.69 Å². The van der Waals surface area contributed by atoms with Crippen molar-refractivity contribution in [3.63, 3.8) is 0 Å². The van der Waals surface area contributed by atoms with Gasteiger partial charge < -0.3 is 20.6 Å². The van der Waals surface area contributed by atoms with Gasteiger partial charge >= 0.3 is 12.3 Å². The molecule has 6 nitrogen and oxygen atoms in total. The van der Waals surface area contributed by atoms with Crippen LogP contribution in [0.5, 0.6) is 0 Å². The normalized spacial score (nSPS) is 14.3. The average molecular weight is 438 g/mol. The number of halogens is 6. The molecule has 0 bridgehead atoms. The second kappa shape index (κ2) is 7.76. The zero-order valence-electron chi connectivity index (χ0n) is 15.5. The summed E-state index contributed by atoms with van der Waals surface area (Å²) in [6.45, 7) is 0.464. The molecule has 4 N–H and O–H groups in total. The maximum Gasteiger partial charge on any atom is 0.424 e. The number of rotatable bonds is 5. The highest BCUT2D eigenvalue weighted by atomic mass is 19.4. The van der Waals surface area contributed by atoms with Crippen LogP contribution in [-0.2, 0) is 11.2 Å². The molecule has 1 heterocycles. The smallest absolute Gasteiger partial charge is 0.424 e. The highest BCUT2D eigenvalue weighted by molar-refractivity contribution is 5.65. The third kappa shape index (κ3) is 4.49.